The summed E-state index contributed by atoms with van der Waals surface area (Å²) in [5, 5.41) is 4.42. The predicted molar refractivity (Wildman–Crippen MR) is 81.1 cm³/mol. The normalized spacial score (nSPS) is 10.8. The number of halogens is 1. The Kier molecular flexibility index (Phi) is 4.60. The standard InChI is InChI=1S/C15H17BrN2O2/c1-10(2)18-7-6-13(17-18)9-20-15-8-12(16)4-5-14(15)11(3)19/h4-8,10H,9H2,1-3H3. The van der Waals surface area contributed by atoms with Crippen LogP contribution in [0.3, 0.4) is 0 Å². The van der Waals surface area contributed by atoms with E-state index in [0.29, 0.717) is 24.0 Å². The van der Waals surface area contributed by atoms with Crippen molar-refractivity contribution in [2.24, 2.45) is 0 Å². The van der Waals surface area contributed by atoms with Gasteiger partial charge in [0.15, 0.2) is 5.78 Å². The van der Waals surface area contributed by atoms with E-state index in [1.54, 1.807) is 12.1 Å². The van der Waals surface area contributed by atoms with E-state index in [1.807, 2.05) is 23.0 Å². The Labute approximate surface area is 126 Å². The minimum absolute atomic E-state index is 0.0137. The first-order chi connectivity index (χ1) is 9.47. The minimum Gasteiger partial charge on any atom is -0.486 e. The topological polar surface area (TPSA) is 44.1 Å². The molecule has 0 aliphatic carbocycles. The van der Waals surface area contributed by atoms with Crippen LogP contribution in [0.25, 0.3) is 0 Å². The molecule has 0 fully saturated rings. The summed E-state index contributed by atoms with van der Waals surface area (Å²) >= 11 is 3.38. The molecule has 20 heavy (non-hydrogen) atoms. The number of ketones is 1. The summed E-state index contributed by atoms with van der Waals surface area (Å²) < 4.78 is 8.49. The van der Waals surface area contributed by atoms with E-state index in [1.165, 1.54) is 6.92 Å². The van der Waals surface area contributed by atoms with Gasteiger partial charge in [0.1, 0.15) is 12.4 Å². The number of hydrogen-bond donors (Lipinski definition) is 0. The van der Waals surface area contributed by atoms with Gasteiger partial charge in [0.05, 0.1) is 11.3 Å². The van der Waals surface area contributed by atoms with Crippen LogP contribution in [0.4, 0.5) is 0 Å². The SMILES string of the molecule is CC(=O)c1ccc(Br)cc1OCc1ccn(C(C)C)n1. The van der Waals surface area contributed by atoms with Crippen LogP contribution < -0.4 is 4.74 Å². The molecule has 0 unspecified atom stereocenters. The highest BCUT2D eigenvalue weighted by Crippen LogP contribution is 2.25. The van der Waals surface area contributed by atoms with Crippen molar-refractivity contribution in [1.29, 1.82) is 0 Å². The molecule has 0 saturated heterocycles. The number of carbonyl (C=O) groups excluding carboxylic acids is 1. The molecule has 5 heteroatoms. The Morgan fingerprint density at radius 1 is 1.40 bits per heavy atom. The van der Waals surface area contributed by atoms with E-state index < -0.39 is 0 Å². The summed E-state index contributed by atoms with van der Waals surface area (Å²) in [4.78, 5) is 11.6. The molecule has 1 heterocycles. The van der Waals surface area contributed by atoms with Gasteiger partial charge in [-0.3, -0.25) is 9.48 Å². The molecular formula is C15H17BrN2O2. The minimum atomic E-state index is -0.0137. The van der Waals surface area contributed by atoms with Crippen LogP contribution in [-0.4, -0.2) is 15.6 Å². The Morgan fingerprint density at radius 2 is 2.15 bits per heavy atom. The summed E-state index contributed by atoms with van der Waals surface area (Å²) in [5.41, 5.74) is 1.42. The molecule has 0 saturated carbocycles. The third-order valence-electron chi connectivity index (χ3n) is 2.89. The predicted octanol–water partition coefficient (Wildman–Crippen LogP) is 4.01. The largest absolute Gasteiger partial charge is 0.486 e. The van der Waals surface area contributed by atoms with Crippen molar-refractivity contribution in [1.82, 2.24) is 9.78 Å². The molecule has 2 aromatic rings. The smallest absolute Gasteiger partial charge is 0.163 e. The maximum absolute atomic E-state index is 11.6. The van der Waals surface area contributed by atoms with E-state index in [9.17, 15) is 4.79 Å². The number of Topliss-reactive ketones (excluding diaryl/α,β-unsaturated/α-hetero) is 1. The van der Waals surface area contributed by atoms with Crippen LogP contribution >= 0.6 is 15.9 Å². The zero-order valence-corrected chi connectivity index (χ0v) is 13.3. The second-order valence-electron chi connectivity index (χ2n) is 4.87. The maximum Gasteiger partial charge on any atom is 0.163 e. The van der Waals surface area contributed by atoms with E-state index in [-0.39, 0.29) is 5.78 Å². The summed E-state index contributed by atoms with van der Waals surface area (Å²) in [7, 11) is 0. The highest BCUT2D eigenvalue weighted by atomic mass is 79.9. The molecule has 0 spiro atoms. The fourth-order valence-electron chi connectivity index (χ4n) is 1.80. The third kappa shape index (κ3) is 3.48. The molecule has 0 aliphatic heterocycles. The van der Waals surface area contributed by atoms with E-state index >= 15 is 0 Å². The van der Waals surface area contributed by atoms with Crippen molar-refractivity contribution in [2.45, 2.75) is 33.4 Å². The van der Waals surface area contributed by atoms with Gasteiger partial charge in [0.2, 0.25) is 0 Å². The molecule has 0 aliphatic rings. The van der Waals surface area contributed by atoms with Gasteiger partial charge < -0.3 is 4.74 Å². The van der Waals surface area contributed by atoms with Crippen LogP contribution in [0.1, 0.15) is 42.9 Å². The first-order valence-corrected chi connectivity index (χ1v) is 7.24. The molecule has 4 nitrogen and oxygen atoms in total. The maximum atomic E-state index is 11.6. The quantitative estimate of drug-likeness (QED) is 0.775. The van der Waals surface area contributed by atoms with Crippen LogP contribution in [0.2, 0.25) is 0 Å². The fraction of sp³-hybridized carbons (Fsp3) is 0.333. The van der Waals surface area contributed by atoms with E-state index in [2.05, 4.69) is 34.9 Å². The first kappa shape index (κ1) is 14.8. The van der Waals surface area contributed by atoms with Crippen molar-refractivity contribution in [3.63, 3.8) is 0 Å². The molecule has 0 N–H and O–H groups in total. The number of aromatic nitrogens is 2. The van der Waals surface area contributed by atoms with Crippen molar-refractivity contribution in [3.8, 4) is 5.75 Å². The van der Waals surface area contributed by atoms with Crippen LogP contribution in [0.15, 0.2) is 34.9 Å². The van der Waals surface area contributed by atoms with Crippen LogP contribution in [0, 0.1) is 0 Å². The zero-order chi connectivity index (χ0) is 14.7. The zero-order valence-electron chi connectivity index (χ0n) is 11.8. The highest BCUT2D eigenvalue weighted by molar-refractivity contribution is 9.10. The molecule has 0 amide bonds. The second kappa shape index (κ2) is 6.22. The lowest BCUT2D eigenvalue weighted by Gasteiger charge is -2.09. The van der Waals surface area contributed by atoms with Crippen molar-refractivity contribution < 1.29 is 9.53 Å². The summed E-state index contributed by atoms with van der Waals surface area (Å²) in [6.07, 6.45) is 1.93. The molecule has 1 aromatic carbocycles. The average Bonchev–Trinajstić information content (AvgIpc) is 2.85. The van der Waals surface area contributed by atoms with E-state index in [0.717, 1.165) is 10.2 Å². The molecule has 0 atom stereocenters. The summed E-state index contributed by atoms with van der Waals surface area (Å²) in [6, 6.07) is 7.63. The number of carbonyl (C=O) groups is 1. The van der Waals surface area contributed by atoms with Crippen molar-refractivity contribution in [2.75, 3.05) is 0 Å². The monoisotopic (exact) mass is 336 g/mol. The van der Waals surface area contributed by atoms with Gasteiger partial charge in [-0.25, -0.2) is 0 Å². The Morgan fingerprint density at radius 3 is 2.75 bits per heavy atom. The first-order valence-electron chi connectivity index (χ1n) is 6.44. The lowest BCUT2D eigenvalue weighted by atomic mass is 10.1. The third-order valence-corrected chi connectivity index (χ3v) is 3.38. The number of hydrogen-bond acceptors (Lipinski definition) is 3. The fourth-order valence-corrected chi connectivity index (χ4v) is 2.14. The van der Waals surface area contributed by atoms with Crippen molar-refractivity contribution in [3.05, 3.63) is 46.2 Å². The second-order valence-corrected chi connectivity index (χ2v) is 5.78. The average molecular weight is 337 g/mol. The Bertz CT molecular complexity index is 620. The summed E-state index contributed by atoms with van der Waals surface area (Å²) in [6.45, 7) is 6.01. The highest BCUT2D eigenvalue weighted by Gasteiger charge is 2.10. The molecule has 1 aromatic heterocycles. The van der Waals surface area contributed by atoms with Gasteiger partial charge in [-0.1, -0.05) is 15.9 Å². The Hall–Kier alpha value is -1.62. The molecule has 0 radical (unpaired) electrons. The molecular weight excluding hydrogens is 320 g/mol. The lowest BCUT2D eigenvalue weighted by Crippen LogP contribution is -2.05. The molecule has 2 rings (SSSR count). The summed E-state index contributed by atoms with van der Waals surface area (Å²) in [5.74, 6) is 0.561. The number of benzene rings is 1. The van der Waals surface area contributed by atoms with Crippen molar-refractivity contribution >= 4 is 21.7 Å². The van der Waals surface area contributed by atoms with Gasteiger partial charge in [-0.05, 0) is 45.0 Å². The number of nitrogens with zero attached hydrogens (tertiary/aromatic N) is 2. The van der Waals surface area contributed by atoms with E-state index in [4.69, 9.17) is 4.74 Å². The number of ether oxygens (including phenoxy) is 1. The Balaban J connectivity index is 2.13. The van der Waals surface area contributed by atoms with Crippen LogP contribution in [-0.2, 0) is 6.61 Å². The van der Waals surface area contributed by atoms with Gasteiger partial charge in [0, 0.05) is 16.7 Å². The van der Waals surface area contributed by atoms with Gasteiger partial charge >= 0.3 is 0 Å². The van der Waals surface area contributed by atoms with Gasteiger partial charge in [-0.2, -0.15) is 5.10 Å². The van der Waals surface area contributed by atoms with Gasteiger partial charge in [0.25, 0.3) is 0 Å². The molecule has 0 bridgehead atoms. The molecule has 106 valence electrons. The lowest BCUT2D eigenvalue weighted by molar-refractivity contribution is 0.101. The van der Waals surface area contributed by atoms with Crippen LogP contribution in [0.5, 0.6) is 5.75 Å². The number of rotatable bonds is 5. The van der Waals surface area contributed by atoms with Gasteiger partial charge in [-0.15, -0.1) is 0 Å².